The molecule has 2 aromatic rings. The van der Waals surface area contributed by atoms with Crippen LogP contribution in [0.4, 0.5) is 26.3 Å². The van der Waals surface area contributed by atoms with Gasteiger partial charge in [-0.15, -0.1) is 5.10 Å². The molecule has 0 fully saturated rings. The standard InChI is InChI=1S/C16H13F6N3O2/c1-9(2)27-13(26)3-4-25-8-23-14(24-25)10-5-11(15(17,18)19)7-12(6-10)16(20,21)22/h3-9H,1-2H3/b4-3+. The van der Waals surface area contributed by atoms with Crippen LogP contribution in [0.25, 0.3) is 17.6 Å². The molecule has 146 valence electrons. The van der Waals surface area contributed by atoms with Crippen LogP contribution in [0.2, 0.25) is 0 Å². The van der Waals surface area contributed by atoms with Gasteiger partial charge in [0, 0.05) is 17.8 Å². The predicted molar refractivity (Wildman–Crippen MR) is 82.0 cm³/mol. The van der Waals surface area contributed by atoms with Gasteiger partial charge in [-0.25, -0.2) is 14.5 Å². The van der Waals surface area contributed by atoms with Crippen LogP contribution >= 0.6 is 0 Å². The molecule has 0 atom stereocenters. The number of carbonyl (C=O) groups excluding carboxylic acids is 1. The Morgan fingerprint density at radius 3 is 2.11 bits per heavy atom. The van der Waals surface area contributed by atoms with E-state index in [1.807, 2.05) is 0 Å². The van der Waals surface area contributed by atoms with Gasteiger partial charge in [-0.05, 0) is 32.0 Å². The minimum absolute atomic E-state index is 0.0162. The van der Waals surface area contributed by atoms with Crippen LogP contribution in [0.5, 0.6) is 0 Å². The van der Waals surface area contributed by atoms with Crippen LogP contribution < -0.4 is 0 Å². The van der Waals surface area contributed by atoms with Crippen molar-refractivity contribution in [3.05, 3.63) is 41.7 Å². The van der Waals surface area contributed by atoms with Gasteiger partial charge in [0.15, 0.2) is 5.82 Å². The summed E-state index contributed by atoms with van der Waals surface area (Å²) in [6, 6.07) is 1.06. The topological polar surface area (TPSA) is 57.0 Å². The van der Waals surface area contributed by atoms with Crippen LogP contribution in [0.1, 0.15) is 25.0 Å². The minimum atomic E-state index is -4.97. The molecule has 5 nitrogen and oxygen atoms in total. The zero-order valence-electron chi connectivity index (χ0n) is 14.0. The van der Waals surface area contributed by atoms with Gasteiger partial charge in [0.05, 0.1) is 17.2 Å². The third-order valence-corrected chi connectivity index (χ3v) is 3.07. The van der Waals surface area contributed by atoms with Gasteiger partial charge in [0.25, 0.3) is 0 Å². The summed E-state index contributed by atoms with van der Waals surface area (Å²) in [7, 11) is 0. The molecule has 0 aliphatic carbocycles. The smallest absolute Gasteiger partial charge is 0.416 e. The lowest BCUT2D eigenvalue weighted by Crippen LogP contribution is -2.11. The Morgan fingerprint density at radius 1 is 1.07 bits per heavy atom. The van der Waals surface area contributed by atoms with E-state index >= 15 is 0 Å². The van der Waals surface area contributed by atoms with Crippen molar-refractivity contribution in [1.29, 1.82) is 0 Å². The molecule has 27 heavy (non-hydrogen) atoms. The first-order valence-electron chi connectivity index (χ1n) is 7.46. The molecule has 0 saturated carbocycles. The van der Waals surface area contributed by atoms with Gasteiger partial charge in [-0.2, -0.15) is 26.3 Å². The number of benzene rings is 1. The molecular formula is C16H13F6N3O2. The van der Waals surface area contributed by atoms with Crippen molar-refractivity contribution in [2.75, 3.05) is 0 Å². The molecule has 2 rings (SSSR count). The summed E-state index contributed by atoms with van der Waals surface area (Å²) in [6.07, 6.45) is -7.18. The van der Waals surface area contributed by atoms with Crippen molar-refractivity contribution in [1.82, 2.24) is 14.8 Å². The lowest BCUT2D eigenvalue weighted by molar-refractivity contribution is -0.143. The molecule has 0 bridgehead atoms. The molecule has 0 unspecified atom stereocenters. The lowest BCUT2D eigenvalue weighted by Gasteiger charge is -2.13. The molecule has 0 aliphatic heterocycles. The Hall–Kier alpha value is -2.85. The van der Waals surface area contributed by atoms with Crippen LogP contribution in [0.3, 0.4) is 0 Å². The number of ether oxygens (including phenoxy) is 1. The van der Waals surface area contributed by atoms with Crippen molar-refractivity contribution < 1.29 is 35.9 Å². The molecule has 1 aromatic carbocycles. The third kappa shape index (κ3) is 5.56. The summed E-state index contributed by atoms with van der Waals surface area (Å²) >= 11 is 0. The van der Waals surface area contributed by atoms with E-state index < -0.39 is 35.0 Å². The van der Waals surface area contributed by atoms with Crippen molar-refractivity contribution in [2.24, 2.45) is 0 Å². The molecular weight excluding hydrogens is 380 g/mol. The van der Waals surface area contributed by atoms with Crippen LogP contribution in [0, 0.1) is 0 Å². The quantitative estimate of drug-likeness (QED) is 0.439. The highest BCUT2D eigenvalue weighted by atomic mass is 19.4. The number of rotatable bonds is 4. The number of halogens is 6. The summed E-state index contributed by atoms with van der Waals surface area (Å²) in [4.78, 5) is 15.1. The molecule has 0 radical (unpaired) electrons. The number of alkyl halides is 6. The Kier molecular flexibility index (Phi) is 5.62. The normalized spacial score (nSPS) is 12.8. The van der Waals surface area contributed by atoms with E-state index in [1.54, 1.807) is 13.8 Å². The molecule has 11 heteroatoms. The van der Waals surface area contributed by atoms with Crippen molar-refractivity contribution in [2.45, 2.75) is 32.3 Å². The Morgan fingerprint density at radius 2 is 1.63 bits per heavy atom. The average molecular weight is 393 g/mol. The summed E-state index contributed by atoms with van der Waals surface area (Å²) in [6.45, 7) is 3.26. The van der Waals surface area contributed by atoms with Crippen LogP contribution in [-0.2, 0) is 21.9 Å². The van der Waals surface area contributed by atoms with Gasteiger partial charge in [0.1, 0.15) is 6.33 Å². The van der Waals surface area contributed by atoms with Crippen LogP contribution in [-0.4, -0.2) is 26.8 Å². The summed E-state index contributed by atoms with van der Waals surface area (Å²) < 4.78 is 83.2. The Labute approximate surface area is 149 Å². The second-order valence-electron chi connectivity index (χ2n) is 5.64. The average Bonchev–Trinajstić information content (AvgIpc) is 2.99. The first-order chi connectivity index (χ1) is 12.4. The zero-order valence-corrected chi connectivity index (χ0v) is 14.0. The van der Waals surface area contributed by atoms with Crippen LogP contribution in [0.15, 0.2) is 30.6 Å². The second-order valence-corrected chi connectivity index (χ2v) is 5.64. The largest absolute Gasteiger partial charge is 0.460 e. The summed E-state index contributed by atoms with van der Waals surface area (Å²) in [5.74, 6) is -1.06. The maximum absolute atomic E-state index is 12.9. The van der Waals surface area contributed by atoms with Gasteiger partial charge in [-0.3, -0.25) is 0 Å². The fourth-order valence-corrected chi connectivity index (χ4v) is 1.97. The highest BCUT2D eigenvalue weighted by Gasteiger charge is 2.37. The van der Waals surface area contributed by atoms with E-state index in [1.165, 1.54) is 0 Å². The maximum Gasteiger partial charge on any atom is 0.416 e. The molecule has 0 N–H and O–H groups in total. The minimum Gasteiger partial charge on any atom is -0.460 e. The Bertz CT molecular complexity index is 820. The lowest BCUT2D eigenvalue weighted by atomic mass is 10.0. The van der Waals surface area contributed by atoms with Crippen molar-refractivity contribution in [3.8, 4) is 11.4 Å². The van der Waals surface area contributed by atoms with Gasteiger partial charge < -0.3 is 4.74 Å². The summed E-state index contributed by atoms with van der Waals surface area (Å²) in [5.41, 5.74) is -3.41. The van der Waals surface area contributed by atoms with E-state index in [9.17, 15) is 31.1 Å². The van der Waals surface area contributed by atoms with E-state index in [-0.39, 0.29) is 18.0 Å². The first-order valence-corrected chi connectivity index (χ1v) is 7.46. The van der Waals surface area contributed by atoms with Gasteiger partial charge in [0.2, 0.25) is 0 Å². The SMILES string of the molecule is CC(C)OC(=O)/C=C/n1cnc(-c2cc(C(F)(F)F)cc(C(F)(F)F)c2)n1. The number of nitrogens with zero attached hydrogens (tertiary/aromatic N) is 3. The number of esters is 1. The molecule has 0 saturated heterocycles. The van der Waals surface area contributed by atoms with Crippen molar-refractivity contribution in [3.63, 3.8) is 0 Å². The molecule has 1 aromatic heterocycles. The number of hydrogen-bond acceptors (Lipinski definition) is 4. The molecule has 0 aliphatic rings. The molecule has 0 amide bonds. The van der Waals surface area contributed by atoms with E-state index in [2.05, 4.69) is 10.1 Å². The van der Waals surface area contributed by atoms with Gasteiger partial charge >= 0.3 is 18.3 Å². The monoisotopic (exact) mass is 393 g/mol. The highest BCUT2D eigenvalue weighted by molar-refractivity contribution is 5.85. The second kappa shape index (κ2) is 7.41. The maximum atomic E-state index is 12.9. The third-order valence-electron chi connectivity index (χ3n) is 3.07. The van der Waals surface area contributed by atoms with Gasteiger partial charge in [-0.1, -0.05) is 0 Å². The fraction of sp³-hybridized carbons (Fsp3) is 0.312. The number of hydrogen-bond donors (Lipinski definition) is 0. The van der Waals surface area contributed by atoms with E-state index in [0.29, 0.717) is 12.1 Å². The summed E-state index contributed by atoms with van der Waals surface area (Å²) in [5, 5.41) is 3.75. The zero-order chi connectivity index (χ0) is 20.4. The number of aromatic nitrogens is 3. The van der Waals surface area contributed by atoms with E-state index in [4.69, 9.17) is 4.74 Å². The molecule has 1 heterocycles. The fourth-order valence-electron chi connectivity index (χ4n) is 1.97. The number of carbonyl (C=O) groups is 1. The molecule has 0 spiro atoms. The van der Waals surface area contributed by atoms with Crippen molar-refractivity contribution >= 4 is 12.2 Å². The predicted octanol–water partition coefficient (Wildman–Crippen LogP) is 4.41. The first kappa shape index (κ1) is 20.5. The Balaban J connectivity index is 2.37. The van der Waals surface area contributed by atoms with E-state index in [0.717, 1.165) is 23.3 Å². The highest BCUT2D eigenvalue weighted by Crippen LogP contribution is 2.37.